The van der Waals surface area contributed by atoms with E-state index in [1.165, 1.54) is 71.1 Å². The molecule has 0 bridgehead atoms. The molecule has 0 N–H and O–H groups in total. The van der Waals surface area contributed by atoms with Crippen molar-refractivity contribution >= 4 is 5.97 Å². The monoisotopic (exact) mass is 352 g/mol. The molecule has 1 aliphatic heterocycles. The molecule has 0 aromatic heterocycles. The van der Waals surface area contributed by atoms with E-state index in [9.17, 15) is 4.79 Å². The molecule has 146 valence electrons. The van der Waals surface area contributed by atoms with Crippen molar-refractivity contribution in [3.63, 3.8) is 0 Å². The van der Waals surface area contributed by atoms with Gasteiger partial charge in [-0.1, -0.05) is 78.1 Å². The maximum atomic E-state index is 11.5. The van der Waals surface area contributed by atoms with Crippen LogP contribution < -0.4 is 0 Å². The van der Waals surface area contributed by atoms with Crippen molar-refractivity contribution in [2.75, 3.05) is 13.1 Å². The Kier molecular flexibility index (Phi) is 12.3. The Morgan fingerprint density at radius 1 is 0.760 bits per heavy atom. The molecule has 1 aliphatic rings. The quantitative estimate of drug-likeness (QED) is 0.282. The van der Waals surface area contributed by atoms with E-state index in [0.717, 1.165) is 25.9 Å². The number of unbranched alkanes of at least 4 members (excludes halogenated alkanes) is 10. The second-order valence-corrected chi connectivity index (χ2v) is 7.25. The highest BCUT2D eigenvalue weighted by Gasteiger charge is 2.28. The van der Waals surface area contributed by atoms with Crippen molar-refractivity contribution in [3.05, 3.63) is 12.4 Å². The molecule has 0 amide bonds. The van der Waals surface area contributed by atoms with E-state index >= 15 is 0 Å². The molecular weight excluding hydrogens is 312 g/mol. The number of hydrogen-bond donors (Lipinski definition) is 0. The molecule has 25 heavy (non-hydrogen) atoms. The van der Waals surface area contributed by atoms with Gasteiger partial charge in [0.25, 0.3) is 6.35 Å². The molecular formula is C21H40N2O2. The van der Waals surface area contributed by atoms with Gasteiger partial charge in [0.2, 0.25) is 0 Å². The Balaban J connectivity index is 2.28. The van der Waals surface area contributed by atoms with Crippen LogP contribution in [0.2, 0.25) is 0 Å². The summed E-state index contributed by atoms with van der Waals surface area (Å²) in [5, 5.41) is 0. The molecule has 0 atom stereocenters. The highest BCUT2D eigenvalue weighted by atomic mass is 16.6. The summed E-state index contributed by atoms with van der Waals surface area (Å²) in [6.07, 6.45) is 19.3. The van der Waals surface area contributed by atoms with Gasteiger partial charge in [-0.2, -0.15) is 0 Å². The molecule has 0 aromatic carbocycles. The molecule has 0 aromatic rings. The first-order chi connectivity index (χ1) is 12.2. The van der Waals surface area contributed by atoms with Gasteiger partial charge in [-0.3, -0.25) is 4.79 Å². The second kappa shape index (κ2) is 14.0. The zero-order valence-electron chi connectivity index (χ0n) is 16.8. The summed E-state index contributed by atoms with van der Waals surface area (Å²) in [5.74, 6) is -0.199. The summed E-state index contributed by atoms with van der Waals surface area (Å²) < 4.78 is 5.58. The molecule has 1 rings (SSSR count). The lowest BCUT2D eigenvalue weighted by Gasteiger charge is -2.31. The van der Waals surface area contributed by atoms with Crippen LogP contribution in [0, 0.1) is 0 Å². The van der Waals surface area contributed by atoms with E-state index in [1.807, 2.05) is 0 Å². The molecule has 1 heterocycles. The molecule has 0 aliphatic carbocycles. The largest absolute Gasteiger partial charge is 0.423 e. The predicted octanol–water partition coefficient (Wildman–Crippen LogP) is 5.64. The van der Waals surface area contributed by atoms with Gasteiger partial charge < -0.3 is 14.5 Å². The number of carbonyl (C=O) groups is 1. The maximum Gasteiger partial charge on any atom is 0.305 e. The lowest BCUT2D eigenvalue weighted by atomic mass is 10.1. The molecule has 0 saturated carbocycles. The first-order valence-electron chi connectivity index (χ1n) is 10.6. The first-order valence-corrected chi connectivity index (χ1v) is 10.6. The van der Waals surface area contributed by atoms with Gasteiger partial charge in [0, 0.05) is 32.4 Å². The van der Waals surface area contributed by atoms with Crippen LogP contribution >= 0.6 is 0 Å². The number of ether oxygens (including phenoxy) is 1. The summed E-state index contributed by atoms with van der Waals surface area (Å²) in [6, 6.07) is 0. The molecule has 0 radical (unpaired) electrons. The molecule has 0 unspecified atom stereocenters. The van der Waals surface area contributed by atoms with Gasteiger partial charge in [-0.05, 0) is 12.8 Å². The van der Waals surface area contributed by atoms with E-state index in [4.69, 9.17) is 4.74 Å². The Labute approximate surface area is 155 Å². The van der Waals surface area contributed by atoms with Gasteiger partial charge in [-0.15, -0.1) is 0 Å². The van der Waals surface area contributed by atoms with Gasteiger partial charge >= 0.3 is 5.97 Å². The normalized spacial score (nSPS) is 14.5. The Hall–Kier alpha value is -1.19. The molecule has 4 heteroatoms. The van der Waals surface area contributed by atoms with Crippen LogP contribution in [0.5, 0.6) is 0 Å². The Morgan fingerprint density at radius 3 is 1.56 bits per heavy atom. The average Bonchev–Trinajstić information content (AvgIpc) is 2.95. The Bertz CT molecular complexity index is 345. The van der Waals surface area contributed by atoms with E-state index in [-0.39, 0.29) is 12.3 Å². The molecule has 0 fully saturated rings. The molecule has 0 saturated heterocycles. The molecule has 4 nitrogen and oxygen atoms in total. The highest BCUT2D eigenvalue weighted by molar-refractivity contribution is 5.66. The summed E-state index contributed by atoms with van der Waals surface area (Å²) >= 11 is 0. The summed E-state index contributed by atoms with van der Waals surface area (Å²) in [4.78, 5) is 15.8. The number of hydrogen-bond acceptors (Lipinski definition) is 4. The van der Waals surface area contributed by atoms with Crippen LogP contribution in [0.25, 0.3) is 0 Å². The van der Waals surface area contributed by atoms with Crippen molar-refractivity contribution in [3.8, 4) is 0 Å². The van der Waals surface area contributed by atoms with E-state index < -0.39 is 0 Å². The summed E-state index contributed by atoms with van der Waals surface area (Å²) in [6.45, 7) is 7.93. The van der Waals surface area contributed by atoms with Crippen molar-refractivity contribution in [2.24, 2.45) is 0 Å². The lowest BCUT2D eigenvalue weighted by Crippen LogP contribution is -2.42. The summed E-state index contributed by atoms with van der Waals surface area (Å²) in [5.41, 5.74) is 0. The smallest absolute Gasteiger partial charge is 0.305 e. The van der Waals surface area contributed by atoms with Crippen molar-refractivity contribution in [1.82, 2.24) is 9.80 Å². The fourth-order valence-corrected chi connectivity index (χ4v) is 3.31. The third-order valence-electron chi connectivity index (χ3n) is 4.83. The minimum atomic E-state index is -0.233. The first kappa shape index (κ1) is 21.9. The number of nitrogens with zero attached hydrogens (tertiary/aromatic N) is 2. The zero-order valence-corrected chi connectivity index (χ0v) is 16.8. The highest BCUT2D eigenvalue weighted by Crippen LogP contribution is 2.20. The van der Waals surface area contributed by atoms with Crippen LogP contribution in [0.15, 0.2) is 12.4 Å². The standard InChI is InChI=1S/C21H40N2O2/c1-4-6-8-10-12-14-16-22-18-19-23(21(22)25-20(3)24)17-15-13-11-9-7-5-2/h18-19,21H,4-17H2,1-3H3. The van der Waals surface area contributed by atoms with E-state index in [2.05, 4.69) is 36.0 Å². The van der Waals surface area contributed by atoms with Crippen LogP contribution in [-0.4, -0.2) is 35.2 Å². The molecule has 0 spiro atoms. The van der Waals surface area contributed by atoms with Gasteiger partial charge in [0.05, 0.1) is 0 Å². The van der Waals surface area contributed by atoms with Crippen LogP contribution in [0.4, 0.5) is 0 Å². The Morgan fingerprint density at radius 2 is 1.16 bits per heavy atom. The van der Waals surface area contributed by atoms with Crippen molar-refractivity contribution in [2.45, 2.75) is 104 Å². The van der Waals surface area contributed by atoms with Crippen LogP contribution in [0.3, 0.4) is 0 Å². The van der Waals surface area contributed by atoms with Crippen LogP contribution in [0.1, 0.15) is 97.8 Å². The number of carbonyl (C=O) groups excluding carboxylic acids is 1. The predicted molar refractivity (Wildman–Crippen MR) is 105 cm³/mol. The lowest BCUT2D eigenvalue weighted by molar-refractivity contribution is -0.166. The zero-order chi connectivity index (χ0) is 18.3. The van der Waals surface area contributed by atoms with Crippen molar-refractivity contribution < 1.29 is 9.53 Å². The van der Waals surface area contributed by atoms with Gasteiger partial charge in [-0.25, -0.2) is 0 Å². The minimum Gasteiger partial charge on any atom is -0.423 e. The fraction of sp³-hybridized carbons (Fsp3) is 0.857. The number of rotatable bonds is 15. The van der Waals surface area contributed by atoms with E-state index in [1.54, 1.807) is 0 Å². The van der Waals surface area contributed by atoms with Crippen LogP contribution in [-0.2, 0) is 9.53 Å². The van der Waals surface area contributed by atoms with Crippen molar-refractivity contribution in [1.29, 1.82) is 0 Å². The minimum absolute atomic E-state index is 0.199. The maximum absolute atomic E-state index is 11.5. The third kappa shape index (κ3) is 9.76. The van der Waals surface area contributed by atoms with Gasteiger partial charge in [0.15, 0.2) is 0 Å². The second-order valence-electron chi connectivity index (χ2n) is 7.25. The topological polar surface area (TPSA) is 32.8 Å². The fourth-order valence-electron chi connectivity index (χ4n) is 3.31. The van der Waals surface area contributed by atoms with Gasteiger partial charge in [0.1, 0.15) is 0 Å². The third-order valence-corrected chi connectivity index (χ3v) is 4.83. The SMILES string of the molecule is CCCCCCCCN1C=CN(CCCCCCCC)C1OC(C)=O. The van der Waals surface area contributed by atoms with E-state index in [0.29, 0.717) is 0 Å². The summed E-state index contributed by atoms with van der Waals surface area (Å²) in [7, 11) is 0. The average molecular weight is 353 g/mol. The number of esters is 1.